The molecule has 0 unspecified atom stereocenters. The van der Waals surface area contributed by atoms with Gasteiger partial charge in [0.15, 0.2) is 5.88 Å². The summed E-state index contributed by atoms with van der Waals surface area (Å²) >= 11 is 6.22. The van der Waals surface area contributed by atoms with Crippen LogP contribution in [0.2, 0.25) is 5.02 Å². The lowest BCUT2D eigenvalue weighted by Crippen LogP contribution is -2.35. The van der Waals surface area contributed by atoms with E-state index in [9.17, 15) is 9.90 Å². The summed E-state index contributed by atoms with van der Waals surface area (Å²) in [5.74, 6) is 0.754. The van der Waals surface area contributed by atoms with Gasteiger partial charge in [0.05, 0.1) is 34.7 Å². The zero-order valence-electron chi connectivity index (χ0n) is 22.5. The van der Waals surface area contributed by atoms with Crippen LogP contribution in [0.3, 0.4) is 0 Å². The van der Waals surface area contributed by atoms with Crippen LogP contribution in [-0.4, -0.2) is 74.0 Å². The molecule has 0 saturated carbocycles. The Morgan fingerprint density at radius 1 is 1.10 bits per heavy atom. The molecule has 0 spiro atoms. The van der Waals surface area contributed by atoms with Crippen molar-refractivity contribution >= 4 is 51.2 Å². The summed E-state index contributed by atoms with van der Waals surface area (Å²) in [6, 6.07) is 19.0. The maximum atomic E-state index is 12.3. The summed E-state index contributed by atoms with van der Waals surface area (Å²) in [7, 11) is 6.00. The van der Waals surface area contributed by atoms with Crippen molar-refractivity contribution in [1.82, 2.24) is 9.88 Å². The number of aliphatic imine (C=N–C) groups is 1. The van der Waals surface area contributed by atoms with E-state index in [-0.39, 0.29) is 11.8 Å². The standard InChI is InChI=1S/C30H32ClN5O3/c1-19(37)36(14-13-34(2)3)23-9-7-22(8-10-23)32-29(20-5-12-26-27(17-20)39-16-15-35(26)4)28-24-11-6-21(31)18-25(24)33-30(28)38/h5-12,17-18,33,38H,13-16H2,1-4H3. The fourth-order valence-electron chi connectivity index (χ4n) is 4.77. The van der Waals surface area contributed by atoms with Crippen molar-refractivity contribution in [1.29, 1.82) is 0 Å². The van der Waals surface area contributed by atoms with E-state index in [1.807, 2.05) is 74.6 Å². The Balaban J connectivity index is 1.61. The molecule has 0 aliphatic carbocycles. The first-order valence-corrected chi connectivity index (χ1v) is 13.2. The predicted octanol–water partition coefficient (Wildman–Crippen LogP) is 5.44. The number of halogens is 1. The predicted molar refractivity (Wildman–Crippen MR) is 159 cm³/mol. The van der Waals surface area contributed by atoms with Crippen molar-refractivity contribution in [2.75, 3.05) is 57.2 Å². The van der Waals surface area contributed by atoms with Crippen molar-refractivity contribution in [3.05, 3.63) is 76.8 Å². The van der Waals surface area contributed by atoms with E-state index < -0.39 is 0 Å². The van der Waals surface area contributed by atoms with Gasteiger partial charge in [-0.15, -0.1) is 0 Å². The number of fused-ring (bicyclic) bond motifs is 2. The van der Waals surface area contributed by atoms with E-state index in [4.69, 9.17) is 21.3 Å². The minimum absolute atomic E-state index is 0.00448. The molecular weight excluding hydrogens is 514 g/mol. The average molecular weight is 546 g/mol. The van der Waals surface area contributed by atoms with Crippen molar-refractivity contribution in [2.24, 2.45) is 4.99 Å². The number of anilines is 2. The Bertz CT molecular complexity index is 1540. The van der Waals surface area contributed by atoms with E-state index in [0.717, 1.165) is 41.2 Å². The second-order valence-corrected chi connectivity index (χ2v) is 10.4. The van der Waals surface area contributed by atoms with Crippen molar-refractivity contribution in [3.8, 4) is 11.6 Å². The van der Waals surface area contributed by atoms with E-state index in [1.54, 1.807) is 24.0 Å². The first-order chi connectivity index (χ1) is 18.7. The highest BCUT2D eigenvalue weighted by atomic mass is 35.5. The fraction of sp³-hybridized carbons (Fsp3) is 0.267. The van der Waals surface area contributed by atoms with Gasteiger partial charge in [-0.3, -0.25) is 4.79 Å². The van der Waals surface area contributed by atoms with Gasteiger partial charge in [0.1, 0.15) is 12.4 Å². The summed E-state index contributed by atoms with van der Waals surface area (Å²) in [6.45, 7) is 4.32. The quantitative estimate of drug-likeness (QED) is 0.302. The summed E-state index contributed by atoms with van der Waals surface area (Å²) in [5.41, 5.74) is 5.17. The van der Waals surface area contributed by atoms with Gasteiger partial charge in [0, 0.05) is 48.7 Å². The number of carbonyl (C=O) groups excluding carboxylic acids is 1. The van der Waals surface area contributed by atoms with Crippen LogP contribution >= 0.6 is 11.6 Å². The Morgan fingerprint density at radius 2 is 1.87 bits per heavy atom. The molecule has 0 saturated heterocycles. The number of aromatic nitrogens is 1. The van der Waals surface area contributed by atoms with Crippen LogP contribution in [0.1, 0.15) is 18.1 Å². The summed E-state index contributed by atoms with van der Waals surface area (Å²) in [5, 5.41) is 12.4. The summed E-state index contributed by atoms with van der Waals surface area (Å²) in [4.78, 5) is 26.3. The number of ether oxygens (including phenoxy) is 1. The van der Waals surface area contributed by atoms with Gasteiger partial charge in [-0.1, -0.05) is 23.7 Å². The van der Waals surface area contributed by atoms with Crippen LogP contribution < -0.4 is 14.5 Å². The van der Waals surface area contributed by atoms with Gasteiger partial charge in [0.25, 0.3) is 0 Å². The highest BCUT2D eigenvalue weighted by Crippen LogP contribution is 2.37. The number of nitrogens with zero attached hydrogens (tertiary/aromatic N) is 4. The lowest BCUT2D eigenvalue weighted by Gasteiger charge is -2.28. The smallest absolute Gasteiger partial charge is 0.223 e. The third-order valence-corrected chi connectivity index (χ3v) is 7.09. The molecule has 0 atom stereocenters. The molecule has 1 aromatic heterocycles. The summed E-state index contributed by atoms with van der Waals surface area (Å²) < 4.78 is 5.96. The number of likely N-dealkylation sites (N-methyl/N-ethyl adjacent to an activating group) is 2. The number of aromatic amines is 1. The second-order valence-electron chi connectivity index (χ2n) is 9.94. The maximum absolute atomic E-state index is 12.3. The van der Waals surface area contributed by atoms with Gasteiger partial charge >= 0.3 is 0 Å². The molecule has 0 fully saturated rings. The number of carbonyl (C=O) groups is 1. The van der Waals surface area contributed by atoms with Crippen LogP contribution in [0.5, 0.6) is 11.6 Å². The zero-order chi connectivity index (χ0) is 27.7. The van der Waals surface area contributed by atoms with Crippen LogP contribution in [0, 0.1) is 0 Å². The van der Waals surface area contributed by atoms with Gasteiger partial charge in [-0.2, -0.15) is 0 Å². The normalized spacial score (nSPS) is 13.5. The van der Waals surface area contributed by atoms with Gasteiger partial charge in [0.2, 0.25) is 5.91 Å². The minimum Gasteiger partial charge on any atom is -0.494 e. The molecule has 8 nitrogen and oxygen atoms in total. The van der Waals surface area contributed by atoms with Crippen LogP contribution in [0.15, 0.2) is 65.7 Å². The number of rotatable bonds is 7. The highest BCUT2D eigenvalue weighted by Gasteiger charge is 2.22. The van der Waals surface area contributed by atoms with Gasteiger partial charge in [-0.05, 0) is 62.6 Å². The molecule has 0 radical (unpaired) electrons. The molecule has 9 heteroatoms. The number of H-pyrrole nitrogens is 1. The molecule has 2 N–H and O–H groups in total. The first kappa shape index (κ1) is 26.6. The van der Waals surface area contributed by atoms with Crippen LogP contribution in [0.25, 0.3) is 10.9 Å². The lowest BCUT2D eigenvalue weighted by molar-refractivity contribution is -0.116. The van der Waals surface area contributed by atoms with E-state index >= 15 is 0 Å². The van der Waals surface area contributed by atoms with Crippen LogP contribution in [0.4, 0.5) is 17.1 Å². The number of hydrogen-bond acceptors (Lipinski definition) is 6. The maximum Gasteiger partial charge on any atom is 0.223 e. The lowest BCUT2D eigenvalue weighted by atomic mass is 9.99. The average Bonchev–Trinajstić information content (AvgIpc) is 3.22. The van der Waals surface area contributed by atoms with E-state index in [1.165, 1.54) is 0 Å². The number of benzene rings is 3. The Morgan fingerprint density at radius 3 is 2.59 bits per heavy atom. The van der Waals surface area contributed by atoms with Crippen molar-refractivity contribution in [2.45, 2.75) is 6.92 Å². The molecule has 5 rings (SSSR count). The van der Waals surface area contributed by atoms with Crippen molar-refractivity contribution in [3.63, 3.8) is 0 Å². The van der Waals surface area contributed by atoms with Gasteiger partial charge in [-0.25, -0.2) is 4.99 Å². The molecule has 1 aliphatic rings. The molecular formula is C30H32ClN5O3. The molecule has 1 amide bonds. The largest absolute Gasteiger partial charge is 0.494 e. The van der Waals surface area contributed by atoms with Gasteiger partial charge < -0.3 is 29.5 Å². The SMILES string of the molecule is CC(=O)N(CCN(C)C)c1ccc(N=C(c2ccc3c(c2)OCCN3C)c2c(O)[nH]c3cc(Cl)ccc23)cc1. The minimum atomic E-state index is -0.0183. The first-order valence-electron chi connectivity index (χ1n) is 12.8. The molecule has 202 valence electrons. The topological polar surface area (TPSA) is 84.4 Å². The molecule has 39 heavy (non-hydrogen) atoms. The molecule has 1 aliphatic heterocycles. The van der Waals surface area contributed by atoms with E-state index in [2.05, 4.69) is 9.88 Å². The monoisotopic (exact) mass is 545 g/mol. The Labute approximate surface area is 233 Å². The molecule has 0 bridgehead atoms. The fourth-order valence-corrected chi connectivity index (χ4v) is 4.94. The Hall–Kier alpha value is -4.01. The number of nitrogens with one attached hydrogen (secondary N) is 1. The summed E-state index contributed by atoms with van der Waals surface area (Å²) in [6.07, 6.45) is 0. The molecule has 3 aromatic carbocycles. The highest BCUT2D eigenvalue weighted by molar-refractivity contribution is 6.31. The zero-order valence-corrected chi connectivity index (χ0v) is 23.3. The third-order valence-electron chi connectivity index (χ3n) is 6.86. The third kappa shape index (κ3) is 5.57. The Kier molecular flexibility index (Phi) is 7.50. The number of hydrogen-bond donors (Lipinski definition) is 2. The molecule has 2 heterocycles. The van der Waals surface area contributed by atoms with Crippen molar-refractivity contribution < 1.29 is 14.6 Å². The van der Waals surface area contributed by atoms with Crippen LogP contribution in [-0.2, 0) is 4.79 Å². The second kappa shape index (κ2) is 11.0. The van der Waals surface area contributed by atoms with E-state index in [0.29, 0.717) is 40.7 Å². The number of aromatic hydroxyl groups is 1. The number of amides is 1. The molecule has 4 aromatic rings.